The number of nitrogens with one attached hydrogen (secondary N) is 2. The van der Waals surface area contributed by atoms with E-state index in [1.807, 2.05) is 61.0 Å². The van der Waals surface area contributed by atoms with Crippen molar-refractivity contribution in [3.8, 4) is 5.69 Å². The maximum Gasteiger partial charge on any atom is 0.315 e. The molecular weight excluding hydrogens is 428 g/mol. The normalized spacial score (nSPS) is 10.7. The van der Waals surface area contributed by atoms with Crippen LogP contribution in [0.4, 0.5) is 4.79 Å². The quantitative estimate of drug-likeness (QED) is 0.584. The highest BCUT2D eigenvalue weighted by molar-refractivity contribution is 9.10. The molecule has 5 nitrogen and oxygen atoms in total. The maximum absolute atomic E-state index is 12.2. The minimum Gasteiger partial charge on any atom is -0.334 e. The smallest absolute Gasteiger partial charge is 0.315 e. The molecule has 0 unspecified atom stereocenters. The number of carbonyl (C=O) groups excluding carboxylic acids is 1. The minimum atomic E-state index is -0.250. The summed E-state index contributed by atoms with van der Waals surface area (Å²) in [7, 11) is 0. The van der Waals surface area contributed by atoms with Crippen molar-refractivity contribution in [3.63, 3.8) is 0 Å². The van der Waals surface area contributed by atoms with E-state index >= 15 is 0 Å². The second-order valence-corrected chi connectivity index (χ2v) is 7.49. The number of carbonyl (C=O) groups is 1. The zero-order chi connectivity index (χ0) is 19.4. The predicted octanol–water partition coefficient (Wildman–Crippen LogP) is 4.90. The molecule has 1 heterocycles. The maximum atomic E-state index is 12.2. The summed E-state index contributed by atoms with van der Waals surface area (Å²) >= 11 is 9.54. The van der Waals surface area contributed by atoms with Crippen molar-refractivity contribution in [2.24, 2.45) is 0 Å². The number of aryl methyl sites for hydroxylation is 1. The number of amides is 2. The first-order valence-corrected chi connectivity index (χ1v) is 9.69. The fraction of sp³-hybridized carbons (Fsp3) is 0.200. The zero-order valence-corrected chi connectivity index (χ0v) is 17.4. The van der Waals surface area contributed by atoms with Crippen molar-refractivity contribution in [1.29, 1.82) is 0 Å². The number of urea groups is 1. The summed E-state index contributed by atoms with van der Waals surface area (Å²) in [5, 5.41) is 10.9. The Bertz CT molecular complexity index is 956. The molecule has 7 heteroatoms. The standard InChI is InChI=1S/C20H20BrClN4O/c1-13-18(14(2)26(25-13)17-6-4-3-5-7-17)12-24-20(27)23-11-15-8-9-16(21)10-19(15)22/h3-10H,11-12H2,1-2H3,(H2,23,24,27). The van der Waals surface area contributed by atoms with Crippen molar-refractivity contribution >= 4 is 33.6 Å². The Hall–Kier alpha value is -2.31. The number of nitrogens with zero attached hydrogens (tertiary/aromatic N) is 2. The van der Waals surface area contributed by atoms with Gasteiger partial charge in [-0.15, -0.1) is 0 Å². The molecule has 2 amide bonds. The van der Waals surface area contributed by atoms with Gasteiger partial charge in [0.25, 0.3) is 0 Å². The van der Waals surface area contributed by atoms with Crippen molar-refractivity contribution in [3.05, 3.63) is 80.5 Å². The lowest BCUT2D eigenvalue weighted by Crippen LogP contribution is -2.34. The van der Waals surface area contributed by atoms with Crippen molar-refractivity contribution in [2.75, 3.05) is 0 Å². The van der Waals surface area contributed by atoms with Crippen LogP contribution in [0.5, 0.6) is 0 Å². The molecule has 1 aromatic heterocycles. The second kappa shape index (κ2) is 8.59. The van der Waals surface area contributed by atoms with Crippen LogP contribution in [0.3, 0.4) is 0 Å². The van der Waals surface area contributed by atoms with Gasteiger partial charge in [-0.3, -0.25) is 0 Å². The fourth-order valence-electron chi connectivity index (χ4n) is 2.82. The number of para-hydroxylation sites is 1. The van der Waals surface area contributed by atoms with Gasteiger partial charge in [0.2, 0.25) is 0 Å². The summed E-state index contributed by atoms with van der Waals surface area (Å²) in [5.74, 6) is 0. The fourth-order valence-corrected chi connectivity index (χ4v) is 3.56. The molecule has 0 aliphatic rings. The van der Waals surface area contributed by atoms with Crippen LogP contribution in [0.25, 0.3) is 5.69 Å². The lowest BCUT2D eigenvalue weighted by molar-refractivity contribution is 0.240. The highest BCUT2D eigenvalue weighted by atomic mass is 79.9. The van der Waals surface area contributed by atoms with E-state index in [1.54, 1.807) is 6.07 Å². The Kier molecular flexibility index (Phi) is 6.19. The van der Waals surface area contributed by atoms with E-state index in [9.17, 15) is 4.79 Å². The van der Waals surface area contributed by atoms with Gasteiger partial charge < -0.3 is 10.6 Å². The van der Waals surface area contributed by atoms with Gasteiger partial charge >= 0.3 is 6.03 Å². The molecule has 27 heavy (non-hydrogen) atoms. The van der Waals surface area contributed by atoms with Crippen LogP contribution in [-0.2, 0) is 13.1 Å². The van der Waals surface area contributed by atoms with Gasteiger partial charge in [-0.1, -0.05) is 51.8 Å². The molecule has 0 aliphatic carbocycles. The van der Waals surface area contributed by atoms with Crippen LogP contribution >= 0.6 is 27.5 Å². The van der Waals surface area contributed by atoms with Crippen LogP contribution < -0.4 is 10.6 Å². The van der Waals surface area contributed by atoms with Gasteiger partial charge in [-0.25, -0.2) is 9.48 Å². The Morgan fingerprint density at radius 2 is 1.81 bits per heavy atom. The van der Waals surface area contributed by atoms with Crippen molar-refractivity contribution in [1.82, 2.24) is 20.4 Å². The molecular formula is C20H20BrClN4O. The molecule has 0 atom stereocenters. The highest BCUT2D eigenvalue weighted by Crippen LogP contribution is 2.21. The van der Waals surface area contributed by atoms with Crippen molar-refractivity contribution < 1.29 is 4.79 Å². The van der Waals surface area contributed by atoms with Crippen LogP contribution in [0.2, 0.25) is 5.02 Å². The van der Waals surface area contributed by atoms with Crippen LogP contribution in [-0.4, -0.2) is 15.8 Å². The molecule has 0 radical (unpaired) electrons. The van der Waals surface area contributed by atoms with Gasteiger partial charge in [0.05, 0.1) is 11.4 Å². The molecule has 0 bridgehead atoms. The van der Waals surface area contributed by atoms with Gasteiger partial charge in [0.1, 0.15) is 0 Å². The van der Waals surface area contributed by atoms with Crippen LogP contribution in [0, 0.1) is 13.8 Å². The largest absolute Gasteiger partial charge is 0.334 e. The van der Waals surface area contributed by atoms with Crippen LogP contribution in [0.15, 0.2) is 53.0 Å². The number of hydrogen-bond acceptors (Lipinski definition) is 2. The first-order chi connectivity index (χ1) is 13.0. The predicted molar refractivity (Wildman–Crippen MR) is 111 cm³/mol. The van der Waals surface area contributed by atoms with E-state index in [-0.39, 0.29) is 6.03 Å². The Labute approximate surface area is 171 Å². The summed E-state index contributed by atoms with van der Waals surface area (Å²) < 4.78 is 2.80. The molecule has 0 saturated heterocycles. The van der Waals surface area contributed by atoms with E-state index in [2.05, 4.69) is 31.7 Å². The third kappa shape index (κ3) is 4.70. The van der Waals surface area contributed by atoms with E-state index in [1.165, 1.54) is 0 Å². The highest BCUT2D eigenvalue weighted by Gasteiger charge is 2.13. The summed E-state index contributed by atoms with van der Waals surface area (Å²) in [6.45, 7) is 4.72. The summed E-state index contributed by atoms with van der Waals surface area (Å²) in [6.07, 6.45) is 0. The van der Waals surface area contributed by atoms with Gasteiger partial charge in [-0.05, 0) is 43.7 Å². The van der Waals surface area contributed by atoms with E-state index in [0.29, 0.717) is 18.1 Å². The average Bonchev–Trinajstić information content (AvgIpc) is 2.94. The summed E-state index contributed by atoms with van der Waals surface area (Å²) in [5.41, 5.74) is 4.77. The lowest BCUT2D eigenvalue weighted by Gasteiger charge is -2.10. The third-order valence-corrected chi connectivity index (χ3v) is 5.17. The monoisotopic (exact) mass is 446 g/mol. The molecule has 0 spiro atoms. The molecule has 3 aromatic rings. The topological polar surface area (TPSA) is 59.0 Å². The van der Waals surface area contributed by atoms with E-state index in [4.69, 9.17) is 11.6 Å². The molecule has 3 rings (SSSR count). The molecule has 2 aromatic carbocycles. The number of benzene rings is 2. The number of halogens is 2. The zero-order valence-electron chi connectivity index (χ0n) is 15.1. The van der Waals surface area contributed by atoms with E-state index < -0.39 is 0 Å². The molecule has 0 saturated carbocycles. The summed E-state index contributed by atoms with van der Waals surface area (Å²) in [4.78, 5) is 12.2. The SMILES string of the molecule is Cc1nn(-c2ccccc2)c(C)c1CNC(=O)NCc1ccc(Br)cc1Cl. The number of aromatic nitrogens is 2. The Morgan fingerprint density at radius 3 is 2.52 bits per heavy atom. The second-order valence-electron chi connectivity index (χ2n) is 6.17. The van der Waals surface area contributed by atoms with Gasteiger partial charge in [-0.2, -0.15) is 5.10 Å². The van der Waals surface area contributed by atoms with Crippen molar-refractivity contribution in [2.45, 2.75) is 26.9 Å². The van der Waals surface area contributed by atoms with Crippen LogP contribution in [0.1, 0.15) is 22.5 Å². The molecule has 0 fully saturated rings. The third-order valence-electron chi connectivity index (χ3n) is 4.32. The lowest BCUT2D eigenvalue weighted by atomic mass is 10.2. The minimum absolute atomic E-state index is 0.250. The molecule has 0 aliphatic heterocycles. The molecule has 140 valence electrons. The van der Waals surface area contributed by atoms with Gasteiger partial charge in [0.15, 0.2) is 0 Å². The molecule has 2 N–H and O–H groups in total. The Morgan fingerprint density at radius 1 is 1.11 bits per heavy atom. The average molecular weight is 448 g/mol. The Balaban J connectivity index is 1.61. The number of rotatable bonds is 5. The van der Waals surface area contributed by atoms with Gasteiger partial charge in [0, 0.05) is 33.8 Å². The first-order valence-electron chi connectivity index (χ1n) is 8.52. The summed E-state index contributed by atoms with van der Waals surface area (Å²) in [6, 6.07) is 15.3. The van der Waals surface area contributed by atoms with E-state index in [0.717, 1.165) is 32.7 Å². The first kappa shape index (κ1) is 19.5. The number of hydrogen-bond donors (Lipinski definition) is 2.